The number of hydrogen-bond donors (Lipinski definition) is 5. The van der Waals surface area contributed by atoms with Crippen molar-refractivity contribution in [2.24, 2.45) is 0 Å². The summed E-state index contributed by atoms with van der Waals surface area (Å²) in [5.74, 6) is -1.16. The molecule has 0 saturated carbocycles. The summed E-state index contributed by atoms with van der Waals surface area (Å²) >= 11 is 0. The van der Waals surface area contributed by atoms with Crippen LogP contribution < -0.4 is 0 Å². The molecule has 0 saturated heterocycles. The molecule has 0 spiro atoms. The van der Waals surface area contributed by atoms with E-state index in [1.54, 1.807) is 6.08 Å². The quantitative estimate of drug-likeness (QED) is 0.0127. The van der Waals surface area contributed by atoms with Crippen molar-refractivity contribution < 1.29 is 66.7 Å². The van der Waals surface area contributed by atoms with Crippen LogP contribution in [0.5, 0.6) is 0 Å². The standard InChI is InChI=1S/C46H78O14P2/c1-3-5-7-8-9-10-11-12-13-16-20-23-26-29-33-37-46(50)60-44(41-59-62(54,55)58-39-43(48)38-57-61(51,52)53)40-56-45(49)36-32-28-25-22-19-17-14-15-18-21-24-27-31-35-42(47)34-30-6-4-2/h6,10-11,15,17-19,24-25,27-28,30-31,35,42-44,47-48H,3-5,7-9,12-14,16,20-23,26,29,32-34,36-41H2,1-2H3,(H,54,55)(H2,51,52,53)/b11-10-,18-15-,19-17-,27-24+,28-25-,30-6-,35-31+/t42?,43-,44+/m0/s1. The van der Waals surface area contributed by atoms with Crippen LogP contribution in [0, 0.1) is 0 Å². The van der Waals surface area contributed by atoms with Gasteiger partial charge in [-0.05, 0) is 70.6 Å². The molecule has 0 aromatic rings. The summed E-state index contributed by atoms with van der Waals surface area (Å²) < 4.78 is 47.7. The van der Waals surface area contributed by atoms with Gasteiger partial charge in [-0.2, -0.15) is 0 Å². The lowest BCUT2D eigenvalue weighted by Crippen LogP contribution is -2.29. The number of unbranched alkanes of at least 4 members (excludes halogenated alkanes) is 11. The van der Waals surface area contributed by atoms with E-state index in [0.717, 1.165) is 64.2 Å². The number of phosphoric ester groups is 2. The van der Waals surface area contributed by atoms with Crippen molar-refractivity contribution in [3.63, 3.8) is 0 Å². The SMILES string of the molecule is CC/C=C\CC(O)/C=C/C=C/C/C=C\C/C=C\C/C=C\CCC(=O)OC[C@H](COP(=O)(O)OC[C@@H](O)COP(=O)(O)O)OC(=O)CCCCCCCCC/C=C\CCCCCC. The second-order valence-corrected chi connectivity index (χ2v) is 17.5. The normalized spacial score (nSPS) is 15.3. The summed E-state index contributed by atoms with van der Waals surface area (Å²) in [6.07, 6.45) is 43.4. The molecule has 62 heavy (non-hydrogen) atoms. The van der Waals surface area contributed by atoms with E-state index in [4.69, 9.17) is 23.8 Å². The third-order valence-corrected chi connectivity index (χ3v) is 10.3. The Labute approximate surface area is 371 Å². The smallest absolute Gasteiger partial charge is 0.462 e. The number of aliphatic hydroxyl groups excluding tert-OH is 2. The van der Waals surface area contributed by atoms with E-state index >= 15 is 0 Å². The lowest BCUT2D eigenvalue weighted by molar-refractivity contribution is -0.161. The Bertz CT molecular complexity index is 1430. The van der Waals surface area contributed by atoms with Gasteiger partial charge < -0.3 is 34.4 Å². The zero-order valence-electron chi connectivity index (χ0n) is 37.3. The van der Waals surface area contributed by atoms with Crippen molar-refractivity contribution in [2.45, 2.75) is 167 Å². The molecule has 2 unspecified atom stereocenters. The molecular formula is C46H78O14P2. The first kappa shape index (κ1) is 59.3. The van der Waals surface area contributed by atoms with Gasteiger partial charge in [0.25, 0.3) is 0 Å². The van der Waals surface area contributed by atoms with E-state index in [1.807, 2.05) is 54.7 Å². The predicted molar refractivity (Wildman–Crippen MR) is 245 cm³/mol. The van der Waals surface area contributed by atoms with Gasteiger partial charge in [-0.3, -0.25) is 23.2 Å². The molecule has 0 aromatic carbocycles. The fourth-order valence-corrected chi connectivity index (χ4v) is 6.61. The van der Waals surface area contributed by atoms with Crippen molar-refractivity contribution >= 4 is 27.6 Å². The van der Waals surface area contributed by atoms with Gasteiger partial charge in [0.2, 0.25) is 0 Å². The molecule has 0 amide bonds. The van der Waals surface area contributed by atoms with Crippen LogP contribution in [0.15, 0.2) is 85.1 Å². The van der Waals surface area contributed by atoms with Gasteiger partial charge in [-0.15, -0.1) is 0 Å². The van der Waals surface area contributed by atoms with Crippen molar-refractivity contribution in [1.82, 2.24) is 0 Å². The van der Waals surface area contributed by atoms with Crippen LogP contribution in [-0.2, 0) is 41.8 Å². The van der Waals surface area contributed by atoms with Crippen molar-refractivity contribution in [1.29, 1.82) is 0 Å². The average molecular weight is 917 g/mol. The van der Waals surface area contributed by atoms with Crippen molar-refractivity contribution in [3.05, 3.63) is 85.1 Å². The maximum atomic E-state index is 12.7. The van der Waals surface area contributed by atoms with Gasteiger partial charge in [0.1, 0.15) is 12.7 Å². The highest BCUT2D eigenvalue weighted by molar-refractivity contribution is 7.47. The number of phosphoric acid groups is 2. The fraction of sp³-hybridized carbons (Fsp3) is 0.652. The van der Waals surface area contributed by atoms with Gasteiger partial charge in [-0.1, -0.05) is 150 Å². The number of allylic oxidation sites excluding steroid dienone is 12. The zero-order chi connectivity index (χ0) is 46.0. The van der Waals surface area contributed by atoms with Gasteiger partial charge in [0.05, 0.1) is 25.9 Å². The zero-order valence-corrected chi connectivity index (χ0v) is 39.1. The molecule has 356 valence electrons. The van der Waals surface area contributed by atoms with E-state index < -0.39 is 72.3 Å². The van der Waals surface area contributed by atoms with E-state index in [-0.39, 0.29) is 12.8 Å². The Morgan fingerprint density at radius 1 is 0.548 bits per heavy atom. The fourth-order valence-electron chi connectivity index (χ4n) is 5.45. The summed E-state index contributed by atoms with van der Waals surface area (Å²) in [5.41, 5.74) is 0. The molecule has 0 fully saturated rings. The van der Waals surface area contributed by atoms with Crippen molar-refractivity contribution in [3.8, 4) is 0 Å². The highest BCUT2D eigenvalue weighted by Crippen LogP contribution is 2.43. The molecule has 0 aliphatic carbocycles. The average Bonchev–Trinajstić information content (AvgIpc) is 3.23. The molecular weight excluding hydrogens is 838 g/mol. The summed E-state index contributed by atoms with van der Waals surface area (Å²) in [7, 11) is -9.72. The lowest BCUT2D eigenvalue weighted by Gasteiger charge is -2.20. The van der Waals surface area contributed by atoms with Crippen LogP contribution >= 0.6 is 15.6 Å². The molecule has 16 heteroatoms. The molecule has 0 aliphatic rings. The van der Waals surface area contributed by atoms with E-state index in [1.165, 1.54) is 32.1 Å². The monoisotopic (exact) mass is 916 g/mol. The van der Waals surface area contributed by atoms with Gasteiger partial charge in [-0.25, -0.2) is 9.13 Å². The Morgan fingerprint density at radius 3 is 1.73 bits per heavy atom. The third-order valence-electron chi connectivity index (χ3n) is 8.85. The molecule has 0 bridgehead atoms. The van der Waals surface area contributed by atoms with Crippen LogP contribution in [-0.4, -0.2) is 81.6 Å². The molecule has 5 N–H and O–H groups in total. The summed E-state index contributed by atoms with van der Waals surface area (Å²) in [5, 5.41) is 19.6. The maximum Gasteiger partial charge on any atom is 0.472 e. The van der Waals surface area contributed by atoms with Gasteiger partial charge in [0.15, 0.2) is 6.10 Å². The number of carbonyl (C=O) groups excluding carboxylic acids is 2. The topological polar surface area (TPSA) is 216 Å². The highest BCUT2D eigenvalue weighted by atomic mass is 31.2. The van der Waals surface area contributed by atoms with Gasteiger partial charge >= 0.3 is 27.6 Å². The summed E-state index contributed by atoms with van der Waals surface area (Å²) in [6.45, 7) is 1.43. The van der Waals surface area contributed by atoms with Crippen LogP contribution in [0.1, 0.15) is 149 Å². The van der Waals surface area contributed by atoms with Gasteiger partial charge in [0, 0.05) is 12.8 Å². The second-order valence-electron chi connectivity index (χ2n) is 14.8. The Morgan fingerprint density at radius 2 is 1.10 bits per heavy atom. The summed E-state index contributed by atoms with van der Waals surface area (Å²) in [4.78, 5) is 52.7. The minimum Gasteiger partial charge on any atom is -0.462 e. The molecule has 0 aromatic heterocycles. The number of ether oxygens (including phenoxy) is 2. The minimum atomic E-state index is -4.88. The molecule has 4 atom stereocenters. The first-order valence-electron chi connectivity index (χ1n) is 22.4. The summed E-state index contributed by atoms with van der Waals surface area (Å²) in [6, 6.07) is 0. The van der Waals surface area contributed by atoms with Crippen molar-refractivity contribution in [2.75, 3.05) is 26.4 Å². The molecule has 0 rings (SSSR count). The highest BCUT2D eigenvalue weighted by Gasteiger charge is 2.28. The maximum absolute atomic E-state index is 12.7. The Hall–Kier alpha value is -2.74. The Kier molecular flexibility index (Phi) is 39.2. The van der Waals surface area contributed by atoms with E-state index in [0.29, 0.717) is 25.7 Å². The number of hydrogen-bond acceptors (Lipinski definition) is 11. The van der Waals surface area contributed by atoms with Crippen LogP contribution in [0.4, 0.5) is 0 Å². The first-order chi connectivity index (χ1) is 29.8. The molecule has 0 heterocycles. The lowest BCUT2D eigenvalue weighted by atomic mass is 10.1. The van der Waals surface area contributed by atoms with Crippen LogP contribution in [0.2, 0.25) is 0 Å². The third kappa shape index (κ3) is 43.9. The number of carbonyl (C=O) groups is 2. The number of aliphatic hydroxyl groups is 2. The predicted octanol–water partition coefficient (Wildman–Crippen LogP) is 10.5. The number of rotatable bonds is 41. The largest absolute Gasteiger partial charge is 0.472 e. The van der Waals surface area contributed by atoms with E-state index in [9.17, 15) is 33.8 Å². The molecule has 0 radical (unpaired) electrons. The first-order valence-corrected chi connectivity index (χ1v) is 25.4. The van der Waals surface area contributed by atoms with Crippen LogP contribution in [0.3, 0.4) is 0 Å². The molecule has 14 nitrogen and oxygen atoms in total. The Balaban J connectivity index is 4.67. The molecule has 0 aliphatic heterocycles. The minimum absolute atomic E-state index is 0.0497. The van der Waals surface area contributed by atoms with E-state index in [2.05, 4.69) is 47.2 Å². The second kappa shape index (κ2) is 41.0. The van der Waals surface area contributed by atoms with Crippen LogP contribution in [0.25, 0.3) is 0 Å². The number of esters is 2.